The first-order chi connectivity index (χ1) is 8.16. The lowest BCUT2D eigenvalue weighted by molar-refractivity contribution is 0.0990. The van der Waals surface area contributed by atoms with Crippen molar-refractivity contribution in [1.82, 2.24) is 0 Å². The lowest BCUT2D eigenvalue weighted by atomic mass is 10.0. The van der Waals surface area contributed by atoms with Crippen LogP contribution in [-0.2, 0) is 6.42 Å². The van der Waals surface area contributed by atoms with Crippen molar-refractivity contribution < 1.29 is 9.90 Å². The number of Topliss-reactive ketones (excluding diaryl/α,β-unsaturated/α-hetero) is 1. The van der Waals surface area contributed by atoms with Gasteiger partial charge in [-0.25, -0.2) is 0 Å². The van der Waals surface area contributed by atoms with Crippen LogP contribution in [0.15, 0.2) is 48.5 Å². The number of benzene rings is 2. The molecule has 2 rings (SSSR count). The highest BCUT2D eigenvalue weighted by atomic mass is 35.5. The average molecular weight is 247 g/mol. The van der Waals surface area contributed by atoms with Crippen LogP contribution in [0, 0.1) is 0 Å². The van der Waals surface area contributed by atoms with Gasteiger partial charge in [-0.1, -0.05) is 41.9 Å². The molecule has 86 valence electrons. The minimum Gasteiger partial charge on any atom is -0.507 e. The zero-order chi connectivity index (χ0) is 12.3. The summed E-state index contributed by atoms with van der Waals surface area (Å²) in [4.78, 5) is 12.0. The van der Waals surface area contributed by atoms with Crippen LogP contribution in [0.3, 0.4) is 0 Å². The Labute approximate surface area is 104 Å². The number of rotatable bonds is 3. The molecule has 0 spiro atoms. The van der Waals surface area contributed by atoms with E-state index in [1.54, 1.807) is 6.07 Å². The Hall–Kier alpha value is -1.80. The van der Waals surface area contributed by atoms with Crippen molar-refractivity contribution in [2.45, 2.75) is 6.42 Å². The molecule has 0 aliphatic rings. The molecule has 2 aromatic rings. The van der Waals surface area contributed by atoms with Gasteiger partial charge < -0.3 is 5.11 Å². The smallest absolute Gasteiger partial charge is 0.171 e. The lowest BCUT2D eigenvalue weighted by Gasteiger charge is -2.04. The maximum atomic E-state index is 12.0. The Morgan fingerprint density at radius 2 is 1.82 bits per heavy atom. The molecule has 1 N–H and O–H groups in total. The van der Waals surface area contributed by atoms with Gasteiger partial charge in [0.15, 0.2) is 5.78 Å². The summed E-state index contributed by atoms with van der Waals surface area (Å²) in [5.41, 5.74) is 1.18. The monoisotopic (exact) mass is 246 g/mol. The molecule has 2 nitrogen and oxygen atoms in total. The van der Waals surface area contributed by atoms with Crippen LogP contribution < -0.4 is 0 Å². The van der Waals surface area contributed by atoms with Gasteiger partial charge in [0.1, 0.15) is 5.75 Å². The van der Waals surface area contributed by atoms with E-state index < -0.39 is 0 Å². The number of hydrogen-bond acceptors (Lipinski definition) is 2. The number of hydrogen-bond donors (Lipinski definition) is 1. The predicted molar refractivity (Wildman–Crippen MR) is 67.6 cm³/mol. The largest absolute Gasteiger partial charge is 0.507 e. The molecule has 2 aromatic carbocycles. The van der Waals surface area contributed by atoms with E-state index in [1.807, 2.05) is 30.3 Å². The Bertz CT molecular complexity index is 535. The average Bonchev–Trinajstić information content (AvgIpc) is 2.33. The van der Waals surface area contributed by atoms with Gasteiger partial charge in [0.25, 0.3) is 0 Å². The van der Waals surface area contributed by atoms with E-state index >= 15 is 0 Å². The standard InChI is InChI=1S/C14H11ClO2/c15-11-6-7-13(16)12(9-11)14(17)8-10-4-2-1-3-5-10/h1-7,9,16H,8H2. The van der Waals surface area contributed by atoms with E-state index in [1.165, 1.54) is 12.1 Å². The van der Waals surface area contributed by atoms with Gasteiger partial charge in [-0.3, -0.25) is 4.79 Å². The van der Waals surface area contributed by atoms with Crippen LogP contribution in [0.4, 0.5) is 0 Å². The highest BCUT2D eigenvalue weighted by Crippen LogP contribution is 2.23. The lowest BCUT2D eigenvalue weighted by Crippen LogP contribution is -2.03. The highest BCUT2D eigenvalue weighted by Gasteiger charge is 2.12. The van der Waals surface area contributed by atoms with Crippen molar-refractivity contribution in [3.63, 3.8) is 0 Å². The number of halogens is 1. The number of carbonyl (C=O) groups is 1. The van der Waals surface area contributed by atoms with Crippen molar-refractivity contribution in [3.8, 4) is 5.75 Å². The van der Waals surface area contributed by atoms with E-state index in [9.17, 15) is 9.90 Å². The van der Waals surface area contributed by atoms with Gasteiger partial charge >= 0.3 is 0 Å². The number of aromatic hydroxyl groups is 1. The zero-order valence-electron chi connectivity index (χ0n) is 9.06. The van der Waals surface area contributed by atoms with Crippen molar-refractivity contribution in [3.05, 3.63) is 64.7 Å². The Morgan fingerprint density at radius 1 is 1.12 bits per heavy atom. The van der Waals surface area contributed by atoms with Crippen molar-refractivity contribution in [2.24, 2.45) is 0 Å². The van der Waals surface area contributed by atoms with Crippen LogP contribution >= 0.6 is 11.6 Å². The van der Waals surface area contributed by atoms with Crippen LogP contribution in [0.1, 0.15) is 15.9 Å². The van der Waals surface area contributed by atoms with E-state index in [4.69, 9.17) is 11.6 Å². The molecule has 0 fully saturated rings. The quantitative estimate of drug-likeness (QED) is 0.842. The molecule has 0 heterocycles. The molecule has 0 saturated carbocycles. The summed E-state index contributed by atoms with van der Waals surface area (Å²) in [6, 6.07) is 13.9. The molecule has 3 heteroatoms. The summed E-state index contributed by atoms with van der Waals surface area (Å²) in [5.74, 6) is -0.175. The Morgan fingerprint density at radius 3 is 2.53 bits per heavy atom. The van der Waals surface area contributed by atoms with E-state index in [0.29, 0.717) is 5.02 Å². The Balaban J connectivity index is 2.23. The molecule has 0 aliphatic heterocycles. The Kier molecular flexibility index (Phi) is 3.45. The first-order valence-electron chi connectivity index (χ1n) is 5.22. The maximum Gasteiger partial charge on any atom is 0.171 e. The molecule has 0 aliphatic carbocycles. The van der Waals surface area contributed by atoms with E-state index in [2.05, 4.69) is 0 Å². The summed E-state index contributed by atoms with van der Waals surface area (Å²) in [6.45, 7) is 0. The molecule has 0 bridgehead atoms. The first kappa shape index (κ1) is 11.7. The minimum absolute atomic E-state index is 0.0321. The van der Waals surface area contributed by atoms with Crippen molar-refractivity contribution >= 4 is 17.4 Å². The number of phenols is 1. The van der Waals surface area contributed by atoms with Gasteiger partial charge in [0.2, 0.25) is 0 Å². The van der Waals surface area contributed by atoms with Gasteiger partial charge in [-0.2, -0.15) is 0 Å². The molecular formula is C14H11ClO2. The molecule has 0 unspecified atom stereocenters. The maximum absolute atomic E-state index is 12.0. The molecule has 0 amide bonds. The number of phenolic OH excluding ortho intramolecular Hbond substituents is 1. The third-order valence-corrected chi connectivity index (χ3v) is 2.70. The molecule has 0 atom stereocenters. The van der Waals surface area contributed by atoms with Crippen molar-refractivity contribution in [1.29, 1.82) is 0 Å². The second-order valence-electron chi connectivity index (χ2n) is 3.75. The summed E-state index contributed by atoms with van der Waals surface area (Å²) in [5, 5.41) is 10.0. The zero-order valence-corrected chi connectivity index (χ0v) is 9.82. The first-order valence-corrected chi connectivity index (χ1v) is 5.60. The van der Waals surface area contributed by atoms with Gasteiger partial charge in [0.05, 0.1) is 5.56 Å². The predicted octanol–water partition coefficient (Wildman–Crippen LogP) is 3.47. The second-order valence-corrected chi connectivity index (χ2v) is 4.18. The van der Waals surface area contributed by atoms with Crippen LogP contribution in [0.2, 0.25) is 5.02 Å². The van der Waals surface area contributed by atoms with E-state index in [-0.39, 0.29) is 23.5 Å². The fraction of sp³-hybridized carbons (Fsp3) is 0.0714. The fourth-order valence-corrected chi connectivity index (χ4v) is 1.78. The molecular weight excluding hydrogens is 236 g/mol. The normalized spacial score (nSPS) is 10.2. The third-order valence-electron chi connectivity index (χ3n) is 2.47. The second kappa shape index (κ2) is 5.02. The van der Waals surface area contributed by atoms with Gasteiger partial charge in [-0.05, 0) is 23.8 Å². The molecule has 0 radical (unpaired) electrons. The van der Waals surface area contributed by atoms with E-state index in [0.717, 1.165) is 5.56 Å². The van der Waals surface area contributed by atoms with Crippen LogP contribution in [0.5, 0.6) is 5.75 Å². The summed E-state index contributed by atoms with van der Waals surface area (Å²) in [7, 11) is 0. The van der Waals surface area contributed by atoms with Crippen LogP contribution in [0.25, 0.3) is 0 Å². The molecule has 0 aromatic heterocycles. The SMILES string of the molecule is O=C(Cc1ccccc1)c1cc(Cl)ccc1O. The minimum atomic E-state index is -0.142. The molecule has 17 heavy (non-hydrogen) atoms. The van der Waals surface area contributed by atoms with Gasteiger partial charge in [0, 0.05) is 11.4 Å². The number of carbonyl (C=O) groups excluding carboxylic acids is 1. The topological polar surface area (TPSA) is 37.3 Å². The van der Waals surface area contributed by atoms with Crippen LogP contribution in [-0.4, -0.2) is 10.9 Å². The fourth-order valence-electron chi connectivity index (χ4n) is 1.61. The molecule has 0 saturated heterocycles. The number of ketones is 1. The third kappa shape index (κ3) is 2.86. The summed E-state index contributed by atoms with van der Waals surface area (Å²) < 4.78 is 0. The van der Waals surface area contributed by atoms with Crippen molar-refractivity contribution in [2.75, 3.05) is 0 Å². The highest BCUT2D eigenvalue weighted by molar-refractivity contribution is 6.31. The van der Waals surface area contributed by atoms with Gasteiger partial charge in [-0.15, -0.1) is 0 Å². The summed E-state index contributed by atoms with van der Waals surface area (Å²) in [6.07, 6.45) is 0.259. The summed E-state index contributed by atoms with van der Waals surface area (Å²) >= 11 is 5.80.